The average Bonchev–Trinajstić information content (AvgIpc) is 0.749. The van der Waals surface area contributed by atoms with Gasteiger partial charge >= 0.3 is 24.2 Å². The van der Waals surface area contributed by atoms with Crippen molar-refractivity contribution in [2.24, 2.45) is 0 Å². The number of hydrogen-bond acceptors (Lipinski definition) is 14. The first-order valence-corrected chi connectivity index (χ1v) is 36.9. The molecule has 0 bridgehead atoms. The van der Waals surface area contributed by atoms with Gasteiger partial charge < -0.3 is 28.4 Å². The summed E-state index contributed by atoms with van der Waals surface area (Å²) in [5.41, 5.74) is 3.39. The third-order valence-electron chi connectivity index (χ3n) is 21.1. The summed E-state index contributed by atoms with van der Waals surface area (Å²) in [6.45, 7) is 31.2. The van der Waals surface area contributed by atoms with E-state index in [2.05, 4.69) is 58.9 Å². The van der Waals surface area contributed by atoms with Crippen LogP contribution in [0.4, 0.5) is 9.59 Å². The van der Waals surface area contributed by atoms with Gasteiger partial charge in [-0.2, -0.15) is 0 Å². The molecule has 0 aromatic heterocycles. The largest absolute Gasteiger partial charge is 0.514 e. The number of rotatable bonds is 23. The van der Waals surface area contributed by atoms with Gasteiger partial charge in [0, 0.05) is 49.5 Å². The molecule has 0 spiro atoms. The molecular formula is C97H92O14. The Morgan fingerprint density at radius 1 is 0.252 bits per heavy atom. The van der Waals surface area contributed by atoms with Crippen molar-refractivity contribution < 1.29 is 66.8 Å². The number of hydrogen-bond donors (Lipinski definition) is 0. The number of benzene rings is 11. The number of carbonyl (C=O) groups excluding carboxylic acids is 8. The average molecular weight is 1480 g/mol. The van der Waals surface area contributed by atoms with Crippen molar-refractivity contribution in [3.63, 3.8) is 0 Å². The zero-order valence-corrected chi connectivity index (χ0v) is 65.6. The molecule has 0 unspecified atom stereocenters. The third kappa shape index (κ3) is 17.7. The molecule has 0 fully saturated rings. The molecule has 0 heterocycles. The molecule has 0 aliphatic heterocycles. The van der Waals surface area contributed by atoms with Gasteiger partial charge in [0.1, 0.15) is 34.2 Å². The van der Waals surface area contributed by atoms with Crippen molar-refractivity contribution in [3.8, 4) is 23.0 Å². The van der Waals surface area contributed by atoms with Crippen LogP contribution in [0.15, 0.2) is 267 Å². The summed E-state index contributed by atoms with van der Waals surface area (Å²) in [5, 5.41) is 0. The Bertz CT molecular complexity index is 5330. The molecule has 14 heteroatoms. The van der Waals surface area contributed by atoms with Crippen molar-refractivity contribution in [1.29, 1.82) is 0 Å². The van der Waals surface area contributed by atoms with Gasteiger partial charge in [0.25, 0.3) is 0 Å². The van der Waals surface area contributed by atoms with E-state index < -0.39 is 69.0 Å². The molecule has 0 N–H and O–H groups in total. The third-order valence-corrected chi connectivity index (χ3v) is 21.1. The van der Waals surface area contributed by atoms with E-state index in [-0.39, 0.29) is 61.7 Å². The van der Waals surface area contributed by atoms with E-state index in [1.165, 1.54) is 42.0 Å². The molecule has 0 atom stereocenters. The highest BCUT2D eigenvalue weighted by atomic mass is 16.7. The van der Waals surface area contributed by atoms with Gasteiger partial charge in [-0.3, -0.25) is 19.2 Å². The van der Waals surface area contributed by atoms with Gasteiger partial charge in [0.15, 0.2) is 23.1 Å². The summed E-state index contributed by atoms with van der Waals surface area (Å²) in [7, 11) is 0. The van der Waals surface area contributed by atoms with Crippen LogP contribution in [0.25, 0.3) is 0 Å². The van der Waals surface area contributed by atoms with Crippen LogP contribution in [-0.2, 0) is 36.5 Å². The van der Waals surface area contributed by atoms with Gasteiger partial charge in [-0.15, -0.1) is 0 Å². The van der Waals surface area contributed by atoms with E-state index in [4.69, 9.17) is 28.4 Å². The molecule has 14 nitrogen and oxygen atoms in total. The van der Waals surface area contributed by atoms with Crippen molar-refractivity contribution in [1.82, 2.24) is 0 Å². The Hall–Kier alpha value is -12.4. The van der Waals surface area contributed by atoms with Crippen LogP contribution in [0, 0.1) is 0 Å². The highest BCUT2D eigenvalue weighted by Crippen LogP contribution is 2.45. The minimum Gasteiger partial charge on any atom is -0.428 e. The van der Waals surface area contributed by atoms with Gasteiger partial charge in [0.2, 0.25) is 0 Å². The van der Waals surface area contributed by atoms with Crippen LogP contribution in [0.3, 0.4) is 0 Å². The monoisotopic (exact) mass is 1480 g/mol. The molecule has 0 saturated heterocycles. The second kappa shape index (κ2) is 31.7. The molecule has 0 saturated carbocycles. The zero-order chi connectivity index (χ0) is 80.2. The van der Waals surface area contributed by atoms with Gasteiger partial charge in [-0.25, -0.2) is 19.2 Å². The summed E-state index contributed by atoms with van der Waals surface area (Å²) in [4.78, 5) is 114. The van der Waals surface area contributed by atoms with Crippen molar-refractivity contribution in [2.75, 3.05) is 0 Å². The predicted molar refractivity (Wildman–Crippen MR) is 431 cm³/mol. The van der Waals surface area contributed by atoms with Gasteiger partial charge in [0.05, 0.1) is 27.8 Å². The van der Waals surface area contributed by atoms with Crippen LogP contribution < -0.4 is 18.9 Å². The standard InChI is InChI=1S/C97H92O14/c1-91(2,3)67-41-43-68(44-42-67)93(7,8)69-45-51-74(52-46-69)106-89(104)111-97(15,16)96(13,14)79-53-47-70(57-75(79)83(98)61-29-21-17-22-30-61)94(9,10)71-48-54-80(76(58-71)84(99)62-31-23-18-24-32-62)107-87(102)65-37-39-66(40-38-65)88(103)108-81-55-49-72(59-77(81)85(100)63-33-25-19-26-34-63)95(11,12)73-50-56-82(109-90(105)110-92(4,5)6)78(60-73)86(101)64-35-27-20-28-36-64/h17-60H,1-16H3. The summed E-state index contributed by atoms with van der Waals surface area (Å²) < 4.78 is 35.3. The molecule has 0 aliphatic rings. The van der Waals surface area contributed by atoms with E-state index in [0.29, 0.717) is 61.4 Å². The maximum atomic E-state index is 15.0. The topological polar surface area (TPSA) is 192 Å². The van der Waals surface area contributed by atoms with Crippen LogP contribution in [0.2, 0.25) is 0 Å². The number of ketones is 4. The lowest BCUT2D eigenvalue weighted by Gasteiger charge is -2.42. The Balaban J connectivity index is 0.838. The molecular weight excluding hydrogens is 1390 g/mol. The van der Waals surface area contributed by atoms with E-state index in [0.717, 1.165) is 11.1 Å². The molecule has 0 aliphatic carbocycles. The van der Waals surface area contributed by atoms with Crippen molar-refractivity contribution in [3.05, 3.63) is 367 Å². The molecule has 11 rings (SSSR count). The fourth-order valence-electron chi connectivity index (χ4n) is 13.2. The Morgan fingerprint density at radius 2 is 0.541 bits per heavy atom. The van der Waals surface area contributed by atoms with Crippen LogP contribution in [0.1, 0.15) is 240 Å². The predicted octanol–water partition coefficient (Wildman–Crippen LogP) is 21.9. The van der Waals surface area contributed by atoms with Gasteiger partial charge in [-0.05, 0) is 163 Å². The minimum absolute atomic E-state index is 0.00912. The number of carbonyl (C=O) groups is 8. The minimum atomic E-state index is -1.27. The Morgan fingerprint density at radius 3 is 0.892 bits per heavy atom. The SMILES string of the molecule is CC(C)(C)OC(=O)Oc1ccc(C(C)(C)c2ccc(OC(=O)c3ccc(C(=O)Oc4ccc(C(C)(C)c5ccc(C(C)(C)C(C)(C)OC(=O)Oc6ccc(C(C)(C)c7ccc(C(C)(C)C)cc7)cc6)c(C(=O)c6ccccc6)c5)cc4C(=O)c4ccccc4)cc3)c(C(=O)c3ccccc3)c2)cc1C(=O)c1ccccc1. The van der Waals surface area contributed by atoms with Gasteiger partial charge in [-0.1, -0.05) is 264 Å². The second-order valence-electron chi connectivity index (χ2n) is 32.4. The first kappa shape index (κ1) is 79.6. The van der Waals surface area contributed by atoms with Crippen molar-refractivity contribution in [2.45, 2.75) is 149 Å². The van der Waals surface area contributed by atoms with E-state index in [1.54, 1.807) is 204 Å². The van der Waals surface area contributed by atoms with Crippen molar-refractivity contribution >= 4 is 47.4 Å². The summed E-state index contributed by atoms with van der Waals surface area (Å²) >= 11 is 0. The molecule has 111 heavy (non-hydrogen) atoms. The fraction of sp³-hybridized carbons (Fsp3) is 0.237. The maximum absolute atomic E-state index is 15.0. The Labute approximate surface area is 649 Å². The number of ether oxygens (including phenoxy) is 6. The molecule has 11 aromatic rings. The fourth-order valence-corrected chi connectivity index (χ4v) is 13.2. The van der Waals surface area contributed by atoms with E-state index >= 15 is 4.79 Å². The lowest BCUT2D eigenvalue weighted by Crippen LogP contribution is -2.47. The summed E-state index contributed by atoms with van der Waals surface area (Å²) in [6, 6.07) is 76.7. The summed E-state index contributed by atoms with van der Waals surface area (Å²) in [6.07, 6.45) is -1.90. The quantitative estimate of drug-likeness (QED) is 0.0254. The van der Waals surface area contributed by atoms with E-state index in [1.807, 2.05) is 77.9 Å². The van der Waals surface area contributed by atoms with Crippen LogP contribution in [0.5, 0.6) is 23.0 Å². The van der Waals surface area contributed by atoms with Crippen LogP contribution >= 0.6 is 0 Å². The second-order valence-corrected chi connectivity index (χ2v) is 32.4. The maximum Gasteiger partial charge on any atom is 0.514 e. The summed E-state index contributed by atoms with van der Waals surface area (Å²) in [5.74, 6) is -3.02. The molecule has 0 radical (unpaired) electrons. The lowest BCUT2D eigenvalue weighted by atomic mass is 9.68. The Kier molecular flexibility index (Phi) is 22.7. The number of esters is 2. The molecule has 564 valence electrons. The first-order chi connectivity index (χ1) is 52.3. The highest BCUT2D eigenvalue weighted by molar-refractivity contribution is 6.14. The zero-order valence-electron chi connectivity index (χ0n) is 65.6. The highest BCUT2D eigenvalue weighted by Gasteiger charge is 2.45. The lowest BCUT2D eigenvalue weighted by molar-refractivity contribution is -0.0338. The van der Waals surface area contributed by atoms with Crippen LogP contribution in [-0.4, -0.2) is 58.6 Å². The normalized spacial score (nSPS) is 12.1. The molecule has 11 aromatic carbocycles. The van der Waals surface area contributed by atoms with E-state index in [9.17, 15) is 33.6 Å². The first-order valence-electron chi connectivity index (χ1n) is 36.9. The molecule has 0 amide bonds. The smallest absolute Gasteiger partial charge is 0.428 e.